The van der Waals surface area contributed by atoms with Crippen LogP contribution < -0.4 is 10.6 Å². The first kappa shape index (κ1) is 20.0. The minimum atomic E-state index is -0.980. The van der Waals surface area contributed by atoms with E-state index in [-0.39, 0.29) is 6.04 Å². The Bertz CT molecular complexity index is 769. The molecule has 26 heavy (non-hydrogen) atoms. The van der Waals surface area contributed by atoms with E-state index in [2.05, 4.69) is 15.6 Å². The number of rotatable bonds is 7. The fraction of sp³-hybridized carbons (Fsp3) is 0.316. The number of halogens is 2. The normalized spacial score (nSPS) is 13.9. The summed E-state index contributed by atoms with van der Waals surface area (Å²) in [6, 6.07) is 13.2. The number of nitrogens with zero attached hydrogens (tertiary/aromatic N) is 1. The van der Waals surface area contributed by atoms with Crippen molar-refractivity contribution >= 4 is 16.8 Å². The van der Waals surface area contributed by atoms with Gasteiger partial charge in [-0.05, 0) is 30.2 Å². The molecule has 0 bridgehead atoms. The van der Waals surface area contributed by atoms with E-state index in [1.54, 1.807) is 7.05 Å². The molecule has 2 atom stereocenters. The Morgan fingerprint density at radius 2 is 1.88 bits per heavy atom. The highest BCUT2D eigenvalue weighted by Crippen LogP contribution is 2.15. The summed E-state index contributed by atoms with van der Waals surface area (Å²) in [6.07, 6.45) is 0. The van der Waals surface area contributed by atoms with Crippen LogP contribution in [0.5, 0.6) is 0 Å². The lowest BCUT2D eigenvalue weighted by atomic mass is 10.1. The summed E-state index contributed by atoms with van der Waals surface area (Å²) in [5.74, 6) is -0.242. The molecule has 7 heteroatoms. The van der Waals surface area contributed by atoms with Gasteiger partial charge >= 0.3 is 0 Å². The second kappa shape index (κ2) is 10.0. The molecule has 0 amide bonds. The van der Waals surface area contributed by atoms with E-state index in [4.69, 9.17) is 0 Å². The van der Waals surface area contributed by atoms with Gasteiger partial charge in [-0.2, -0.15) is 0 Å². The van der Waals surface area contributed by atoms with Gasteiger partial charge in [0.05, 0.1) is 6.04 Å². The zero-order chi connectivity index (χ0) is 18.9. The fourth-order valence-electron chi connectivity index (χ4n) is 2.38. The predicted molar refractivity (Wildman–Crippen MR) is 102 cm³/mol. The highest BCUT2D eigenvalue weighted by Gasteiger charge is 2.11. The molecule has 0 aliphatic heterocycles. The lowest BCUT2D eigenvalue weighted by molar-refractivity contribution is 0.504. The molecule has 4 nitrogen and oxygen atoms in total. The van der Waals surface area contributed by atoms with Gasteiger partial charge in [0.2, 0.25) is 0 Å². The van der Waals surface area contributed by atoms with Crippen LogP contribution in [-0.2, 0) is 16.6 Å². The highest BCUT2D eigenvalue weighted by molar-refractivity contribution is 7.84. The van der Waals surface area contributed by atoms with Crippen LogP contribution in [0.15, 0.2) is 53.5 Å². The molecule has 2 unspecified atom stereocenters. The molecule has 2 aromatic rings. The van der Waals surface area contributed by atoms with E-state index >= 15 is 0 Å². The van der Waals surface area contributed by atoms with Crippen molar-refractivity contribution in [1.29, 1.82) is 0 Å². The third-order valence-electron chi connectivity index (χ3n) is 3.81. The maximum Gasteiger partial charge on any atom is 0.191 e. The second-order valence-corrected chi connectivity index (χ2v) is 7.39. The molecule has 0 aromatic heterocycles. The Morgan fingerprint density at radius 3 is 2.54 bits per heavy atom. The lowest BCUT2D eigenvalue weighted by Crippen LogP contribution is -2.40. The minimum absolute atomic E-state index is 0.258. The molecule has 0 spiro atoms. The zero-order valence-electron chi connectivity index (χ0n) is 14.8. The maximum atomic E-state index is 13.3. The molecule has 0 radical (unpaired) electrons. The van der Waals surface area contributed by atoms with Gasteiger partial charge < -0.3 is 10.6 Å². The molecule has 0 heterocycles. The molecule has 0 fully saturated rings. The van der Waals surface area contributed by atoms with E-state index in [1.807, 2.05) is 37.3 Å². The average molecular weight is 379 g/mol. The molecule has 2 N–H and O–H groups in total. The van der Waals surface area contributed by atoms with Crippen LogP contribution in [0.4, 0.5) is 8.78 Å². The molecule has 2 aromatic carbocycles. The summed E-state index contributed by atoms with van der Waals surface area (Å²) in [6.45, 7) is 2.32. The number of benzene rings is 2. The van der Waals surface area contributed by atoms with Crippen LogP contribution in [0.1, 0.15) is 24.1 Å². The Balaban J connectivity index is 1.80. The monoisotopic (exact) mass is 379 g/mol. The Hall–Kier alpha value is -2.28. The molecule has 140 valence electrons. The van der Waals surface area contributed by atoms with Gasteiger partial charge in [-0.25, -0.2) is 8.78 Å². The maximum absolute atomic E-state index is 13.3. The van der Waals surface area contributed by atoms with Crippen molar-refractivity contribution in [3.63, 3.8) is 0 Å². The van der Waals surface area contributed by atoms with Crippen molar-refractivity contribution in [2.24, 2.45) is 4.99 Å². The molecule has 0 saturated heterocycles. The Kier molecular flexibility index (Phi) is 7.72. The number of hydrogen-bond donors (Lipinski definition) is 2. The summed E-state index contributed by atoms with van der Waals surface area (Å²) < 4.78 is 38.5. The quantitative estimate of drug-likeness (QED) is 0.574. The largest absolute Gasteiger partial charge is 0.355 e. The molecular weight excluding hydrogens is 356 g/mol. The first-order valence-corrected chi connectivity index (χ1v) is 9.79. The van der Waals surface area contributed by atoms with Gasteiger partial charge in [0.25, 0.3) is 0 Å². The molecule has 2 rings (SSSR count). The van der Waals surface area contributed by atoms with E-state index in [0.29, 0.717) is 29.6 Å². The number of nitrogens with one attached hydrogen (secondary N) is 2. The molecule has 0 aliphatic rings. The topological polar surface area (TPSA) is 53.5 Å². The first-order valence-electron chi connectivity index (χ1n) is 8.30. The summed E-state index contributed by atoms with van der Waals surface area (Å²) in [7, 11) is 0.639. The van der Waals surface area contributed by atoms with Gasteiger partial charge in [0, 0.05) is 35.9 Å². The second-order valence-electron chi connectivity index (χ2n) is 5.81. The van der Waals surface area contributed by atoms with Gasteiger partial charge in [-0.1, -0.05) is 36.4 Å². The summed E-state index contributed by atoms with van der Waals surface area (Å²) in [4.78, 5) is 4.10. The fourth-order valence-corrected chi connectivity index (χ4v) is 3.42. The van der Waals surface area contributed by atoms with E-state index in [0.717, 1.165) is 17.7 Å². The van der Waals surface area contributed by atoms with Crippen molar-refractivity contribution in [3.05, 3.63) is 71.3 Å². The van der Waals surface area contributed by atoms with Crippen molar-refractivity contribution in [3.8, 4) is 0 Å². The number of hydrogen-bond acceptors (Lipinski definition) is 2. The minimum Gasteiger partial charge on any atom is -0.355 e. The third kappa shape index (κ3) is 6.22. The number of guanidine groups is 1. The van der Waals surface area contributed by atoms with Crippen LogP contribution in [0.25, 0.3) is 0 Å². The smallest absolute Gasteiger partial charge is 0.191 e. The van der Waals surface area contributed by atoms with Crippen LogP contribution in [0.2, 0.25) is 0 Å². The zero-order valence-corrected chi connectivity index (χ0v) is 15.7. The standard InChI is InChI=1S/C19H23F2N3OS/c1-14(16-8-9-17(20)18(21)12-16)24-19(22-2)23-10-11-26(25)13-15-6-4-3-5-7-15/h3-9,12,14H,10-11,13H2,1-2H3,(H2,22,23,24). The van der Waals surface area contributed by atoms with Gasteiger partial charge in [-0.15, -0.1) is 0 Å². The van der Waals surface area contributed by atoms with Crippen molar-refractivity contribution < 1.29 is 13.0 Å². The SMILES string of the molecule is CN=C(NCCS(=O)Cc1ccccc1)NC(C)c1ccc(F)c(F)c1. The summed E-state index contributed by atoms with van der Waals surface area (Å²) >= 11 is 0. The summed E-state index contributed by atoms with van der Waals surface area (Å²) in [5.41, 5.74) is 1.65. The van der Waals surface area contributed by atoms with Crippen LogP contribution >= 0.6 is 0 Å². The highest BCUT2D eigenvalue weighted by atomic mass is 32.2. The van der Waals surface area contributed by atoms with E-state index in [9.17, 15) is 13.0 Å². The lowest BCUT2D eigenvalue weighted by Gasteiger charge is -2.18. The van der Waals surface area contributed by atoms with E-state index < -0.39 is 22.4 Å². The van der Waals surface area contributed by atoms with Crippen molar-refractivity contribution in [2.45, 2.75) is 18.7 Å². The average Bonchev–Trinajstić information content (AvgIpc) is 2.63. The van der Waals surface area contributed by atoms with E-state index in [1.165, 1.54) is 6.07 Å². The Morgan fingerprint density at radius 1 is 1.15 bits per heavy atom. The molecule has 0 saturated carbocycles. The van der Waals surface area contributed by atoms with Crippen LogP contribution in [0, 0.1) is 11.6 Å². The number of aliphatic imine (C=N–C) groups is 1. The molecule has 0 aliphatic carbocycles. The Labute approximate surface area is 155 Å². The van der Waals surface area contributed by atoms with Gasteiger partial charge in [0.15, 0.2) is 17.6 Å². The van der Waals surface area contributed by atoms with Crippen LogP contribution in [0.3, 0.4) is 0 Å². The predicted octanol–water partition coefficient (Wildman–Crippen LogP) is 3.14. The van der Waals surface area contributed by atoms with Crippen molar-refractivity contribution in [1.82, 2.24) is 10.6 Å². The molecular formula is C19H23F2N3OS. The van der Waals surface area contributed by atoms with Gasteiger partial charge in [0.1, 0.15) is 0 Å². The first-order chi connectivity index (χ1) is 12.5. The van der Waals surface area contributed by atoms with Gasteiger partial charge in [-0.3, -0.25) is 9.20 Å². The van der Waals surface area contributed by atoms with Crippen LogP contribution in [-0.4, -0.2) is 29.5 Å². The summed E-state index contributed by atoms with van der Waals surface area (Å²) in [5, 5.41) is 6.19. The van der Waals surface area contributed by atoms with Crippen molar-refractivity contribution in [2.75, 3.05) is 19.3 Å². The third-order valence-corrected chi connectivity index (χ3v) is 5.13.